The van der Waals surface area contributed by atoms with Crippen LogP contribution < -0.4 is 9.64 Å². The fourth-order valence-electron chi connectivity index (χ4n) is 3.86. The number of nitriles is 1. The second-order valence-electron chi connectivity index (χ2n) is 9.46. The van der Waals surface area contributed by atoms with Crippen molar-refractivity contribution in [1.29, 1.82) is 5.26 Å². The molecule has 1 amide bonds. The standard InChI is InChI=1S/C28H35N3O3/c1-5-30(17-7-10-22-8-6-9-23(20-22)21-29)24-11-13-25(14-12-24)33-26-15-18-31(19-16-26)27(32)34-28(2,3)4/h6-14,20,26H,5,15-19H2,1-4H3/b10-7+. The summed E-state index contributed by atoms with van der Waals surface area (Å²) < 4.78 is 11.6. The Morgan fingerprint density at radius 1 is 1.18 bits per heavy atom. The minimum atomic E-state index is -0.475. The molecule has 2 aromatic rings. The SMILES string of the molecule is CCN(C/C=C/c1cccc(C#N)c1)c1ccc(OC2CCN(C(=O)OC(C)(C)C)CC2)cc1. The highest BCUT2D eigenvalue weighted by Crippen LogP contribution is 2.24. The molecule has 0 unspecified atom stereocenters. The maximum absolute atomic E-state index is 12.2. The zero-order valence-corrected chi connectivity index (χ0v) is 20.7. The van der Waals surface area contributed by atoms with Crippen molar-refractivity contribution in [2.24, 2.45) is 0 Å². The van der Waals surface area contributed by atoms with Crippen LogP contribution in [-0.4, -0.2) is 48.9 Å². The molecule has 34 heavy (non-hydrogen) atoms. The van der Waals surface area contributed by atoms with Crippen LogP contribution in [-0.2, 0) is 4.74 Å². The number of rotatable bonds is 7. The van der Waals surface area contributed by atoms with E-state index in [1.54, 1.807) is 4.90 Å². The fourth-order valence-corrected chi connectivity index (χ4v) is 3.86. The van der Waals surface area contributed by atoms with Crippen LogP contribution in [0.15, 0.2) is 54.6 Å². The molecule has 0 saturated carbocycles. The second kappa shape index (κ2) is 11.6. The van der Waals surface area contributed by atoms with E-state index in [2.05, 4.69) is 36.1 Å². The molecule has 1 aliphatic rings. The van der Waals surface area contributed by atoms with Crippen molar-refractivity contribution in [3.63, 3.8) is 0 Å². The molecule has 1 heterocycles. The van der Waals surface area contributed by atoms with Crippen molar-refractivity contribution in [1.82, 2.24) is 4.90 Å². The lowest BCUT2D eigenvalue weighted by atomic mass is 10.1. The highest BCUT2D eigenvalue weighted by Gasteiger charge is 2.27. The van der Waals surface area contributed by atoms with Crippen molar-refractivity contribution >= 4 is 17.9 Å². The molecule has 6 nitrogen and oxygen atoms in total. The number of hydrogen-bond donors (Lipinski definition) is 0. The van der Waals surface area contributed by atoms with Gasteiger partial charge in [-0.3, -0.25) is 0 Å². The number of anilines is 1. The van der Waals surface area contributed by atoms with Crippen molar-refractivity contribution in [3.8, 4) is 11.8 Å². The Bertz CT molecular complexity index is 1010. The van der Waals surface area contributed by atoms with Gasteiger partial charge in [-0.2, -0.15) is 5.26 Å². The van der Waals surface area contributed by atoms with Crippen LogP contribution in [0.2, 0.25) is 0 Å². The van der Waals surface area contributed by atoms with Gasteiger partial charge < -0.3 is 19.3 Å². The van der Waals surface area contributed by atoms with Gasteiger partial charge in [0.25, 0.3) is 0 Å². The summed E-state index contributed by atoms with van der Waals surface area (Å²) in [4.78, 5) is 16.3. The van der Waals surface area contributed by atoms with Crippen LogP contribution in [0.5, 0.6) is 5.75 Å². The van der Waals surface area contributed by atoms with E-state index in [-0.39, 0.29) is 12.2 Å². The monoisotopic (exact) mass is 461 g/mol. The van der Waals surface area contributed by atoms with Gasteiger partial charge in [-0.25, -0.2) is 4.79 Å². The molecule has 0 aromatic heterocycles. The van der Waals surface area contributed by atoms with Crippen molar-refractivity contribution in [3.05, 3.63) is 65.7 Å². The predicted molar refractivity (Wildman–Crippen MR) is 136 cm³/mol. The summed E-state index contributed by atoms with van der Waals surface area (Å²) in [6.45, 7) is 10.7. The van der Waals surface area contributed by atoms with Gasteiger partial charge in [-0.1, -0.05) is 24.3 Å². The average Bonchev–Trinajstić information content (AvgIpc) is 2.82. The van der Waals surface area contributed by atoms with Crippen LogP contribution in [0, 0.1) is 11.3 Å². The minimum absolute atomic E-state index is 0.0962. The van der Waals surface area contributed by atoms with Gasteiger partial charge >= 0.3 is 6.09 Å². The van der Waals surface area contributed by atoms with E-state index in [0.29, 0.717) is 18.7 Å². The van der Waals surface area contributed by atoms with Crippen molar-refractivity contribution in [2.75, 3.05) is 31.1 Å². The molecule has 1 saturated heterocycles. The van der Waals surface area contributed by atoms with Crippen LogP contribution in [0.1, 0.15) is 51.7 Å². The maximum Gasteiger partial charge on any atom is 0.410 e. The molecular weight excluding hydrogens is 426 g/mol. The van der Waals surface area contributed by atoms with E-state index in [1.165, 1.54) is 0 Å². The highest BCUT2D eigenvalue weighted by molar-refractivity contribution is 5.68. The number of hydrogen-bond acceptors (Lipinski definition) is 5. The third kappa shape index (κ3) is 7.55. The normalized spacial score (nSPS) is 14.6. The summed E-state index contributed by atoms with van der Waals surface area (Å²) in [5, 5.41) is 9.05. The lowest BCUT2D eigenvalue weighted by Gasteiger charge is -2.33. The summed E-state index contributed by atoms with van der Waals surface area (Å²) >= 11 is 0. The molecular formula is C28H35N3O3. The van der Waals surface area contributed by atoms with Crippen molar-refractivity contribution in [2.45, 2.75) is 52.2 Å². The van der Waals surface area contributed by atoms with Crippen LogP contribution in [0.4, 0.5) is 10.5 Å². The van der Waals surface area contributed by atoms with Gasteiger partial charge in [0.15, 0.2) is 0 Å². The smallest absolute Gasteiger partial charge is 0.410 e. The zero-order chi connectivity index (χ0) is 24.6. The van der Waals surface area contributed by atoms with Crippen LogP contribution in [0.25, 0.3) is 6.08 Å². The molecule has 1 fully saturated rings. The van der Waals surface area contributed by atoms with Gasteiger partial charge in [0.05, 0.1) is 11.6 Å². The summed E-state index contributed by atoms with van der Waals surface area (Å²) in [6.07, 6.45) is 5.59. The molecule has 0 bridgehead atoms. The first-order valence-corrected chi connectivity index (χ1v) is 11.9. The number of carbonyl (C=O) groups excluding carboxylic acids is 1. The molecule has 0 radical (unpaired) electrons. The number of piperidine rings is 1. The average molecular weight is 462 g/mol. The third-order valence-corrected chi connectivity index (χ3v) is 5.63. The molecule has 180 valence electrons. The van der Waals surface area contributed by atoms with Crippen molar-refractivity contribution < 1.29 is 14.3 Å². The van der Waals surface area contributed by atoms with E-state index >= 15 is 0 Å². The Morgan fingerprint density at radius 3 is 2.50 bits per heavy atom. The number of carbonyl (C=O) groups is 1. The third-order valence-electron chi connectivity index (χ3n) is 5.63. The Morgan fingerprint density at radius 2 is 1.88 bits per heavy atom. The molecule has 0 atom stereocenters. The number of ether oxygens (including phenoxy) is 2. The van der Waals surface area contributed by atoms with Gasteiger partial charge in [0, 0.05) is 44.7 Å². The maximum atomic E-state index is 12.2. The quantitative estimate of drug-likeness (QED) is 0.515. The summed E-state index contributed by atoms with van der Waals surface area (Å²) in [6, 6.07) is 18.0. The molecule has 3 rings (SSSR count). The fraction of sp³-hybridized carbons (Fsp3) is 0.429. The van der Waals surface area contributed by atoms with Crippen LogP contribution >= 0.6 is 0 Å². The van der Waals surface area contributed by atoms with E-state index in [4.69, 9.17) is 14.7 Å². The minimum Gasteiger partial charge on any atom is -0.490 e. The highest BCUT2D eigenvalue weighted by atomic mass is 16.6. The lowest BCUT2D eigenvalue weighted by Crippen LogP contribution is -2.44. The van der Waals surface area contributed by atoms with Crippen LogP contribution in [0.3, 0.4) is 0 Å². The predicted octanol–water partition coefficient (Wildman–Crippen LogP) is 5.88. The summed E-state index contributed by atoms with van der Waals surface area (Å²) in [5.41, 5.74) is 2.35. The summed E-state index contributed by atoms with van der Waals surface area (Å²) in [7, 11) is 0. The number of benzene rings is 2. The largest absolute Gasteiger partial charge is 0.490 e. The first-order valence-electron chi connectivity index (χ1n) is 11.9. The Labute approximate surface area is 203 Å². The van der Waals surface area contributed by atoms with E-state index < -0.39 is 5.60 Å². The Kier molecular flexibility index (Phi) is 8.59. The molecule has 6 heteroatoms. The lowest BCUT2D eigenvalue weighted by molar-refractivity contribution is 0.0126. The number of nitrogens with zero attached hydrogens (tertiary/aromatic N) is 3. The second-order valence-corrected chi connectivity index (χ2v) is 9.46. The summed E-state index contributed by atoms with van der Waals surface area (Å²) in [5.74, 6) is 0.847. The molecule has 2 aromatic carbocycles. The van der Waals surface area contributed by atoms with Gasteiger partial charge in [-0.15, -0.1) is 0 Å². The first-order chi connectivity index (χ1) is 16.3. The first kappa shape index (κ1) is 25.2. The molecule has 0 spiro atoms. The number of likely N-dealkylation sites (tertiary alicyclic amines) is 1. The Balaban J connectivity index is 1.49. The molecule has 0 aliphatic carbocycles. The van der Waals surface area contributed by atoms with E-state index in [0.717, 1.165) is 42.9 Å². The zero-order valence-electron chi connectivity index (χ0n) is 20.7. The topological polar surface area (TPSA) is 65.8 Å². The van der Waals surface area contributed by atoms with Gasteiger partial charge in [0.1, 0.15) is 17.5 Å². The van der Waals surface area contributed by atoms with E-state index in [1.807, 2.05) is 63.2 Å². The van der Waals surface area contributed by atoms with E-state index in [9.17, 15) is 4.79 Å². The Hall–Kier alpha value is -3.46. The van der Waals surface area contributed by atoms with Gasteiger partial charge in [-0.05, 0) is 69.7 Å². The molecule has 1 aliphatic heterocycles. The molecule has 0 N–H and O–H groups in total. The number of amides is 1. The van der Waals surface area contributed by atoms with Gasteiger partial charge in [0.2, 0.25) is 0 Å². The number of likely N-dealkylation sites (N-methyl/N-ethyl adjacent to an activating group) is 1.